The zero-order chi connectivity index (χ0) is 7.61. The molecule has 0 radical (unpaired) electrons. The van der Waals surface area contributed by atoms with Gasteiger partial charge < -0.3 is 10.6 Å². The molecule has 0 spiro atoms. The van der Waals surface area contributed by atoms with Crippen LogP contribution in [0.25, 0.3) is 0 Å². The number of rotatable bonds is 2. The average molecular weight is 163 g/mol. The third kappa shape index (κ3) is 2.08. The molecule has 1 fully saturated rings. The Bertz CT molecular complexity index is 143. The first-order chi connectivity index (χ1) is 4.62. The van der Waals surface area contributed by atoms with E-state index in [1.54, 1.807) is 0 Å². The highest BCUT2D eigenvalue weighted by Crippen LogP contribution is 2.33. The largest absolute Gasteiger partial charge is 0.346 e. The highest BCUT2D eigenvalue weighted by molar-refractivity contribution is 7.38. The van der Waals surface area contributed by atoms with Crippen molar-refractivity contribution in [1.82, 2.24) is 0 Å². The average Bonchev–Trinajstić information content (AvgIpc) is 2.12. The molecule has 1 atom stereocenters. The summed E-state index contributed by atoms with van der Waals surface area (Å²) in [5.74, 6) is 0. The molecule has 1 unspecified atom stereocenters. The van der Waals surface area contributed by atoms with Crippen LogP contribution in [0, 0.1) is 0 Å². The fraction of sp³-hybridized carbons (Fsp3) is 1.00. The summed E-state index contributed by atoms with van der Waals surface area (Å²) in [6, 6.07) is 0. The Labute approximate surface area is 61.5 Å². The van der Waals surface area contributed by atoms with Crippen molar-refractivity contribution in [3.63, 3.8) is 0 Å². The third-order valence-electron chi connectivity index (χ3n) is 2.10. The van der Waals surface area contributed by atoms with E-state index in [0.717, 1.165) is 25.7 Å². The van der Waals surface area contributed by atoms with E-state index in [4.69, 9.17) is 10.6 Å². The van der Waals surface area contributed by atoms with Crippen LogP contribution in [0.15, 0.2) is 0 Å². The number of hydrogen-bond donors (Lipinski definition) is 2. The summed E-state index contributed by atoms with van der Waals surface area (Å²) in [4.78, 5) is 8.64. The van der Waals surface area contributed by atoms with E-state index in [0.29, 0.717) is 6.16 Å². The van der Waals surface area contributed by atoms with Gasteiger partial charge in [-0.2, -0.15) is 0 Å². The smallest absolute Gasteiger partial charge is 0.190 e. The highest BCUT2D eigenvalue weighted by Gasteiger charge is 2.30. The molecule has 0 heterocycles. The van der Waals surface area contributed by atoms with Gasteiger partial charge in [-0.25, -0.2) is 0 Å². The van der Waals surface area contributed by atoms with Crippen molar-refractivity contribution in [1.29, 1.82) is 0 Å². The topological polar surface area (TPSA) is 63.3 Å². The van der Waals surface area contributed by atoms with Crippen LogP contribution in [0.2, 0.25) is 0 Å². The van der Waals surface area contributed by atoms with Crippen LogP contribution in [-0.4, -0.2) is 16.6 Å². The molecule has 0 saturated heterocycles. The molecule has 1 aliphatic rings. The lowest BCUT2D eigenvalue weighted by molar-refractivity contribution is 0.448. The Kier molecular flexibility index (Phi) is 2.50. The van der Waals surface area contributed by atoms with Gasteiger partial charge in [-0.3, -0.25) is 4.57 Å². The van der Waals surface area contributed by atoms with Crippen LogP contribution in [0.4, 0.5) is 0 Å². The minimum absolute atomic E-state index is 0.301. The fourth-order valence-corrected chi connectivity index (χ4v) is 2.51. The standard InChI is InChI=1S/C6H14NO2P/c7-6(5-10(8)9)3-1-2-4-6/h10H,1-5,7H2,(H,8,9). The predicted molar refractivity (Wildman–Crippen MR) is 41.5 cm³/mol. The minimum Gasteiger partial charge on any atom is -0.346 e. The molecule has 1 saturated carbocycles. The van der Waals surface area contributed by atoms with Crippen LogP contribution in [0.5, 0.6) is 0 Å². The Hall–Kier alpha value is 0.150. The first kappa shape index (κ1) is 8.25. The lowest BCUT2D eigenvalue weighted by Gasteiger charge is -2.20. The zero-order valence-corrected chi connectivity index (χ0v) is 6.97. The van der Waals surface area contributed by atoms with Gasteiger partial charge >= 0.3 is 0 Å². The summed E-state index contributed by atoms with van der Waals surface area (Å²) in [7, 11) is -2.35. The van der Waals surface area contributed by atoms with E-state index in [2.05, 4.69) is 0 Å². The quantitative estimate of drug-likeness (QED) is 0.590. The van der Waals surface area contributed by atoms with Crippen molar-refractivity contribution in [2.75, 3.05) is 6.16 Å². The second-order valence-electron chi connectivity index (χ2n) is 3.14. The third-order valence-corrected chi connectivity index (χ3v) is 3.11. The van der Waals surface area contributed by atoms with Crippen molar-refractivity contribution in [3.05, 3.63) is 0 Å². The van der Waals surface area contributed by atoms with Gasteiger partial charge in [0.05, 0.1) is 0 Å². The highest BCUT2D eigenvalue weighted by atomic mass is 31.1. The van der Waals surface area contributed by atoms with Gasteiger partial charge in [-0.05, 0) is 12.8 Å². The van der Waals surface area contributed by atoms with E-state index in [-0.39, 0.29) is 5.54 Å². The molecule has 0 aromatic heterocycles. The lowest BCUT2D eigenvalue weighted by Crippen LogP contribution is -2.38. The number of nitrogens with two attached hydrogens (primary N) is 1. The molecular weight excluding hydrogens is 149 g/mol. The second-order valence-corrected chi connectivity index (χ2v) is 4.28. The van der Waals surface area contributed by atoms with Crippen LogP contribution in [-0.2, 0) is 4.57 Å². The maximum absolute atomic E-state index is 10.5. The van der Waals surface area contributed by atoms with E-state index in [9.17, 15) is 4.57 Å². The molecular formula is C6H14NO2P. The number of hydrogen-bond acceptors (Lipinski definition) is 2. The Morgan fingerprint density at radius 3 is 2.40 bits per heavy atom. The summed E-state index contributed by atoms with van der Waals surface area (Å²) >= 11 is 0. The van der Waals surface area contributed by atoms with Gasteiger partial charge in [-0.1, -0.05) is 12.8 Å². The van der Waals surface area contributed by atoms with Crippen molar-refractivity contribution in [3.8, 4) is 0 Å². The van der Waals surface area contributed by atoms with Gasteiger partial charge in [-0.15, -0.1) is 0 Å². The van der Waals surface area contributed by atoms with Crippen LogP contribution in [0.1, 0.15) is 25.7 Å². The molecule has 0 amide bonds. The summed E-state index contributed by atoms with van der Waals surface area (Å²) in [5, 5.41) is 0. The van der Waals surface area contributed by atoms with E-state index in [1.807, 2.05) is 0 Å². The molecule has 1 aliphatic carbocycles. The molecule has 0 aromatic carbocycles. The monoisotopic (exact) mass is 163 g/mol. The summed E-state index contributed by atoms with van der Waals surface area (Å²) < 4.78 is 10.5. The van der Waals surface area contributed by atoms with Gasteiger partial charge in [0.2, 0.25) is 0 Å². The van der Waals surface area contributed by atoms with E-state index < -0.39 is 8.03 Å². The Morgan fingerprint density at radius 1 is 1.50 bits per heavy atom. The molecule has 60 valence electrons. The molecule has 10 heavy (non-hydrogen) atoms. The summed E-state index contributed by atoms with van der Waals surface area (Å²) in [6.07, 6.45) is 4.39. The molecule has 0 aliphatic heterocycles. The lowest BCUT2D eigenvalue weighted by atomic mass is 10.0. The van der Waals surface area contributed by atoms with Gasteiger partial charge in [0.1, 0.15) is 0 Å². The molecule has 1 rings (SSSR count). The van der Waals surface area contributed by atoms with Gasteiger partial charge in [0.25, 0.3) is 0 Å². The molecule has 3 nitrogen and oxygen atoms in total. The molecule has 3 N–H and O–H groups in total. The maximum Gasteiger partial charge on any atom is 0.190 e. The van der Waals surface area contributed by atoms with Crippen molar-refractivity contribution in [2.45, 2.75) is 31.2 Å². The molecule has 4 heteroatoms. The predicted octanol–water partition coefficient (Wildman–Crippen LogP) is 0.725. The van der Waals surface area contributed by atoms with Gasteiger partial charge in [0, 0.05) is 11.7 Å². The second kappa shape index (κ2) is 3.04. The van der Waals surface area contributed by atoms with Crippen LogP contribution in [0.3, 0.4) is 0 Å². The maximum atomic E-state index is 10.5. The molecule has 0 aromatic rings. The van der Waals surface area contributed by atoms with E-state index >= 15 is 0 Å². The zero-order valence-electron chi connectivity index (χ0n) is 5.97. The minimum atomic E-state index is -2.35. The van der Waals surface area contributed by atoms with Crippen molar-refractivity contribution >= 4 is 8.03 Å². The van der Waals surface area contributed by atoms with Crippen molar-refractivity contribution in [2.24, 2.45) is 5.73 Å². The normalized spacial score (nSPS) is 26.6. The fourth-order valence-electron chi connectivity index (χ4n) is 1.56. The molecule has 0 bridgehead atoms. The van der Waals surface area contributed by atoms with Crippen LogP contribution >= 0.6 is 8.03 Å². The Balaban J connectivity index is 2.43. The van der Waals surface area contributed by atoms with Crippen LogP contribution < -0.4 is 5.73 Å². The van der Waals surface area contributed by atoms with Crippen molar-refractivity contribution < 1.29 is 9.46 Å². The summed E-state index contributed by atoms with van der Waals surface area (Å²) in [5.41, 5.74) is 5.52. The first-order valence-electron chi connectivity index (χ1n) is 3.63. The van der Waals surface area contributed by atoms with E-state index in [1.165, 1.54) is 0 Å². The Morgan fingerprint density at radius 2 is 2.00 bits per heavy atom. The first-order valence-corrected chi connectivity index (χ1v) is 5.19. The SMILES string of the molecule is NC1(C[PH](=O)O)CCCC1. The summed E-state index contributed by atoms with van der Waals surface area (Å²) in [6.45, 7) is 0. The van der Waals surface area contributed by atoms with Gasteiger partial charge in [0.15, 0.2) is 8.03 Å².